The van der Waals surface area contributed by atoms with Gasteiger partial charge in [-0.1, -0.05) is 20.3 Å². The van der Waals surface area contributed by atoms with Crippen LogP contribution in [0.5, 0.6) is 11.5 Å². The standard InChI is InChI=1S/C16H27NO2S/c1-7-11(2)12(3)17-10-13-8-14(18-4)15(19-5)9-16(13)20-6/h8-9,11-12,17H,7,10H2,1-6H3. The summed E-state index contributed by atoms with van der Waals surface area (Å²) in [5.74, 6) is 2.25. The fraction of sp³-hybridized carbons (Fsp3) is 0.625. The average Bonchev–Trinajstić information content (AvgIpc) is 2.50. The van der Waals surface area contributed by atoms with Gasteiger partial charge in [-0.2, -0.15) is 0 Å². The van der Waals surface area contributed by atoms with Crippen LogP contribution in [0.15, 0.2) is 17.0 Å². The Hall–Kier alpha value is -0.870. The van der Waals surface area contributed by atoms with Crippen LogP contribution in [0.1, 0.15) is 32.8 Å². The minimum Gasteiger partial charge on any atom is -0.493 e. The van der Waals surface area contributed by atoms with Gasteiger partial charge in [-0.3, -0.25) is 0 Å². The number of hydrogen-bond acceptors (Lipinski definition) is 4. The highest BCUT2D eigenvalue weighted by Gasteiger charge is 2.13. The topological polar surface area (TPSA) is 30.5 Å². The molecule has 20 heavy (non-hydrogen) atoms. The minimum atomic E-state index is 0.503. The van der Waals surface area contributed by atoms with Crippen LogP contribution in [-0.2, 0) is 6.54 Å². The molecule has 0 radical (unpaired) electrons. The van der Waals surface area contributed by atoms with Gasteiger partial charge in [-0.25, -0.2) is 0 Å². The van der Waals surface area contributed by atoms with Crippen LogP contribution in [-0.4, -0.2) is 26.5 Å². The van der Waals surface area contributed by atoms with E-state index in [0.29, 0.717) is 12.0 Å². The predicted octanol–water partition coefficient (Wildman–Crippen LogP) is 3.95. The number of rotatable bonds is 8. The van der Waals surface area contributed by atoms with Gasteiger partial charge in [0.25, 0.3) is 0 Å². The van der Waals surface area contributed by atoms with Crippen molar-refractivity contribution in [2.75, 3.05) is 20.5 Å². The molecule has 0 aliphatic carbocycles. The molecule has 1 aromatic rings. The van der Waals surface area contributed by atoms with Crippen LogP contribution >= 0.6 is 11.8 Å². The largest absolute Gasteiger partial charge is 0.493 e. The van der Waals surface area contributed by atoms with E-state index in [4.69, 9.17) is 9.47 Å². The van der Waals surface area contributed by atoms with Crippen LogP contribution in [0.25, 0.3) is 0 Å². The Labute approximate surface area is 127 Å². The van der Waals surface area contributed by atoms with Crippen molar-refractivity contribution < 1.29 is 9.47 Å². The number of thioether (sulfide) groups is 1. The lowest BCUT2D eigenvalue weighted by Crippen LogP contribution is -2.31. The molecule has 114 valence electrons. The number of nitrogens with one attached hydrogen (secondary N) is 1. The summed E-state index contributed by atoms with van der Waals surface area (Å²) < 4.78 is 10.7. The Morgan fingerprint density at radius 2 is 1.75 bits per heavy atom. The van der Waals surface area contributed by atoms with E-state index in [2.05, 4.69) is 44.5 Å². The number of hydrogen-bond donors (Lipinski definition) is 1. The number of ether oxygens (including phenoxy) is 2. The minimum absolute atomic E-state index is 0.503. The van der Waals surface area contributed by atoms with Gasteiger partial charge in [0.15, 0.2) is 11.5 Å². The molecule has 2 atom stereocenters. The van der Waals surface area contributed by atoms with Crippen LogP contribution in [0, 0.1) is 5.92 Å². The summed E-state index contributed by atoms with van der Waals surface area (Å²) in [5, 5.41) is 3.60. The molecule has 0 aliphatic heterocycles. The Morgan fingerprint density at radius 1 is 1.15 bits per heavy atom. The molecule has 0 saturated carbocycles. The van der Waals surface area contributed by atoms with Gasteiger partial charge < -0.3 is 14.8 Å². The van der Waals surface area contributed by atoms with E-state index in [9.17, 15) is 0 Å². The third kappa shape index (κ3) is 4.32. The van der Waals surface area contributed by atoms with Crippen molar-refractivity contribution in [1.82, 2.24) is 5.32 Å². The average molecular weight is 297 g/mol. The van der Waals surface area contributed by atoms with Crippen molar-refractivity contribution >= 4 is 11.8 Å². The second kappa shape index (κ2) is 8.42. The fourth-order valence-corrected chi connectivity index (χ4v) is 2.67. The third-order valence-corrected chi connectivity index (χ3v) is 4.72. The highest BCUT2D eigenvalue weighted by molar-refractivity contribution is 7.98. The summed E-state index contributed by atoms with van der Waals surface area (Å²) in [6.07, 6.45) is 3.28. The zero-order valence-corrected chi connectivity index (χ0v) is 14.3. The molecule has 1 N–H and O–H groups in total. The van der Waals surface area contributed by atoms with Gasteiger partial charge in [-0.05, 0) is 36.8 Å². The molecule has 0 aliphatic rings. The smallest absolute Gasteiger partial charge is 0.161 e. The summed E-state index contributed by atoms with van der Waals surface area (Å²) in [5.41, 5.74) is 1.25. The van der Waals surface area contributed by atoms with Crippen molar-refractivity contribution in [3.05, 3.63) is 17.7 Å². The maximum atomic E-state index is 5.39. The summed E-state index contributed by atoms with van der Waals surface area (Å²) in [7, 11) is 3.35. The van der Waals surface area contributed by atoms with Crippen molar-refractivity contribution in [2.45, 2.75) is 44.7 Å². The first-order chi connectivity index (χ1) is 9.57. The molecule has 1 aromatic carbocycles. The Balaban J connectivity index is 2.88. The van der Waals surface area contributed by atoms with E-state index in [1.807, 2.05) is 0 Å². The van der Waals surface area contributed by atoms with Gasteiger partial charge in [0, 0.05) is 17.5 Å². The molecule has 0 aromatic heterocycles. The van der Waals surface area contributed by atoms with Crippen molar-refractivity contribution in [1.29, 1.82) is 0 Å². The van der Waals surface area contributed by atoms with Crippen LogP contribution < -0.4 is 14.8 Å². The van der Waals surface area contributed by atoms with E-state index in [0.717, 1.165) is 18.0 Å². The molecule has 0 amide bonds. The summed E-state index contributed by atoms with van der Waals surface area (Å²) >= 11 is 1.73. The van der Waals surface area contributed by atoms with E-state index in [-0.39, 0.29) is 0 Å². The van der Waals surface area contributed by atoms with Crippen molar-refractivity contribution in [2.24, 2.45) is 5.92 Å². The molecule has 0 fully saturated rings. The van der Waals surface area contributed by atoms with E-state index in [1.54, 1.807) is 26.0 Å². The Kier molecular flexibility index (Phi) is 7.24. The normalized spacial score (nSPS) is 13.9. The number of methoxy groups -OCH3 is 2. The summed E-state index contributed by atoms with van der Waals surface area (Å²) in [6, 6.07) is 4.62. The first-order valence-corrected chi connectivity index (χ1v) is 8.32. The quantitative estimate of drug-likeness (QED) is 0.736. The SMILES string of the molecule is CCC(C)C(C)NCc1cc(OC)c(OC)cc1SC. The third-order valence-electron chi connectivity index (χ3n) is 3.90. The molecule has 0 saturated heterocycles. The van der Waals surface area contributed by atoms with Gasteiger partial charge in [0.1, 0.15) is 0 Å². The first kappa shape index (κ1) is 17.2. The van der Waals surface area contributed by atoms with E-state index < -0.39 is 0 Å². The second-order valence-electron chi connectivity index (χ2n) is 5.07. The Morgan fingerprint density at radius 3 is 2.25 bits per heavy atom. The zero-order valence-electron chi connectivity index (χ0n) is 13.4. The van der Waals surface area contributed by atoms with Crippen LogP contribution in [0.2, 0.25) is 0 Å². The maximum absolute atomic E-state index is 5.39. The lowest BCUT2D eigenvalue weighted by atomic mass is 10.0. The molecular formula is C16H27NO2S. The molecule has 2 unspecified atom stereocenters. The summed E-state index contributed by atoms with van der Waals surface area (Å²) in [6.45, 7) is 7.60. The first-order valence-electron chi connectivity index (χ1n) is 7.09. The van der Waals surface area contributed by atoms with Gasteiger partial charge in [0.2, 0.25) is 0 Å². The number of benzene rings is 1. The lowest BCUT2D eigenvalue weighted by molar-refractivity contribution is 0.352. The molecular weight excluding hydrogens is 270 g/mol. The predicted molar refractivity (Wildman–Crippen MR) is 87.1 cm³/mol. The van der Waals surface area contributed by atoms with Gasteiger partial charge in [-0.15, -0.1) is 11.8 Å². The molecule has 3 nitrogen and oxygen atoms in total. The lowest BCUT2D eigenvalue weighted by Gasteiger charge is -2.21. The Bertz CT molecular complexity index is 423. The van der Waals surface area contributed by atoms with Crippen LogP contribution in [0.3, 0.4) is 0 Å². The second-order valence-corrected chi connectivity index (χ2v) is 5.92. The highest BCUT2D eigenvalue weighted by atomic mass is 32.2. The van der Waals surface area contributed by atoms with Crippen molar-refractivity contribution in [3.63, 3.8) is 0 Å². The molecule has 0 bridgehead atoms. The van der Waals surface area contributed by atoms with Gasteiger partial charge >= 0.3 is 0 Å². The molecule has 4 heteroatoms. The van der Waals surface area contributed by atoms with E-state index >= 15 is 0 Å². The molecule has 0 spiro atoms. The van der Waals surface area contributed by atoms with Gasteiger partial charge in [0.05, 0.1) is 14.2 Å². The zero-order chi connectivity index (χ0) is 15.1. The molecule has 1 rings (SSSR count). The van der Waals surface area contributed by atoms with E-state index in [1.165, 1.54) is 16.9 Å². The highest BCUT2D eigenvalue weighted by Crippen LogP contribution is 2.34. The monoisotopic (exact) mass is 297 g/mol. The molecule has 0 heterocycles. The summed E-state index contributed by atoms with van der Waals surface area (Å²) in [4.78, 5) is 1.23. The van der Waals surface area contributed by atoms with Crippen LogP contribution in [0.4, 0.5) is 0 Å². The fourth-order valence-electron chi connectivity index (χ4n) is 2.06. The van der Waals surface area contributed by atoms with Crippen molar-refractivity contribution in [3.8, 4) is 11.5 Å². The maximum Gasteiger partial charge on any atom is 0.161 e.